The molecule has 0 unspecified atom stereocenters. The fourth-order valence-electron chi connectivity index (χ4n) is 3.12. The summed E-state index contributed by atoms with van der Waals surface area (Å²) in [5.41, 5.74) is 2.86. The van der Waals surface area contributed by atoms with Crippen LogP contribution in [0.2, 0.25) is 5.02 Å². The first-order valence-electron chi connectivity index (χ1n) is 8.39. The summed E-state index contributed by atoms with van der Waals surface area (Å²) >= 11 is 5.78. The molecular weight excluding hydrogens is 370 g/mol. The summed E-state index contributed by atoms with van der Waals surface area (Å²) in [5, 5.41) is 13.6. The Kier molecular flexibility index (Phi) is 5.14. The topological polar surface area (TPSA) is 92.6 Å². The highest BCUT2D eigenvalue weighted by molar-refractivity contribution is 6.32. The average molecular weight is 388 g/mol. The standard InChI is InChI=1S/C19H18ClN3O4/c1-11-4-3-5-16(12(11)2)22-10-13(8-18(22)24)19(25)21-14-6-7-15(20)17(9-14)23(26)27/h3-7,9,13H,8,10H2,1-2H3,(H,21,25)/t13-/m1/s1. The maximum Gasteiger partial charge on any atom is 0.289 e. The van der Waals surface area contributed by atoms with Gasteiger partial charge < -0.3 is 10.2 Å². The number of halogens is 1. The van der Waals surface area contributed by atoms with E-state index in [1.165, 1.54) is 18.2 Å². The Morgan fingerprint density at radius 1 is 1.30 bits per heavy atom. The molecule has 1 aliphatic heterocycles. The van der Waals surface area contributed by atoms with Crippen molar-refractivity contribution in [3.63, 3.8) is 0 Å². The van der Waals surface area contributed by atoms with Crippen molar-refractivity contribution in [2.75, 3.05) is 16.8 Å². The Balaban J connectivity index is 1.76. The fourth-order valence-corrected chi connectivity index (χ4v) is 3.31. The third kappa shape index (κ3) is 3.78. The summed E-state index contributed by atoms with van der Waals surface area (Å²) in [6, 6.07) is 9.77. The molecule has 140 valence electrons. The number of rotatable bonds is 4. The summed E-state index contributed by atoms with van der Waals surface area (Å²) in [5.74, 6) is -1.01. The number of nitro groups is 1. The molecule has 0 aliphatic carbocycles. The molecule has 2 amide bonds. The second-order valence-electron chi connectivity index (χ2n) is 6.54. The maximum absolute atomic E-state index is 12.6. The molecule has 1 N–H and O–H groups in total. The Hall–Kier alpha value is -2.93. The lowest BCUT2D eigenvalue weighted by Gasteiger charge is -2.20. The minimum Gasteiger partial charge on any atom is -0.326 e. The van der Waals surface area contributed by atoms with Gasteiger partial charge in [-0.25, -0.2) is 0 Å². The monoisotopic (exact) mass is 387 g/mol. The third-order valence-electron chi connectivity index (χ3n) is 4.77. The van der Waals surface area contributed by atoms with Gasteiger partial charge in [0.1, 0.15) is 5.02 Å². The highest BCUT2D eigenvalue weighted by atomic mass is 35.5. The normalized spacial score (nSPS) is 16.5. The number of anilines is 2. The maximum atomic E-state index is 12.6. The van der Waals surface area contributed by atoms with Crippen molar-refractivity contribution in [3.05, 3.63) is 62.7 Å². The van der Waals surface area contributed by atoms with Crippen LogP contribution in [0.5, 0.6) is 0 Å². The first-order chi connectivity index (χ1) is 12.8. The molecule has 0 aromatic heterocycles. The van der Waals surface area contributed by atoms with Gasteiger partial charge in [0, 0.05) is 30.4 Å². The SMILES string of the molecule is Cc1cccc(N2C[C@H](C(=O)Nc3ccc(Cl)c([N+](=O)[O-])c3)CC2=O)c1C. The first-order valence-corrected chi connectivity index (χ1v) is 8.77. The molecule has 1 fully saturated rings. The van der Waals surface area contributed by atoms with Gasteiger partial charge in [-0.3, -0.25) is 19.7 Å². The van der Waals surface area contributed by atoms with E-state index in [1.54, 1.807) is 4.90 Å². The average Bonchev–Trinajstić information content (AvgIpc) is 3.00. The number of nitrogens with zero attached hydrogens (tertiary/aromatic N) is 2. The van der Waals surface area contributed by atoms with Crippen molar-refractivity contribution in [2.45, 2.75) is 20.3 Å². The van der Waals surface area contributed by atoms with Gasteiger partial charge in [-0.2, -0.15) is 0 Å². The van der Waals surface area contributed by atoms with E-state index in [1.807, 2.05) is 32.0 Å². The molecule has 8 heteroatoms. The predicted molar refractivity (Wildman–Crippen MR) is 103 cm³/mol. The molecule has 0 spiro atoms. The van der Waals surface area contributed by atoms with Crippen molar-refractivity contribution < 1.29 is 14.5 Å². The van der Waals surface area contributed by atoms with Gasteiger partial charge >= 0.3 is 0 Å². The fraction of sp³-hybridized carbons (Fsp3) is 0.263. The lowest BCUT2D eigenvalue weighted by molar-refractivity contribution is -0.384. The van der Waals surface area contributed by atoms with Gasteiger partial charge in [-0.1, -0.05) is 23.7 Å². The second kappa shape index (κ2) is 7.36. The minimum atomic E-state index is -0.612. The molecule has 1 atom stereocenters. The number of hydrogen-bond acceptors (Lipinski definition) is 4. The minimum absolute atomic E-state index is 0.00450. The molecule has 3 rings (SSSR count). The Labute approximate surface area is 161 Å². The van der Waals surface area contributed by atoms with Gasteiger partial charge in [-0.15, -0.1) is 0 Å². The lowest BCUT2D eigenvalue weighted by atomic mass is 10.1. The smallest absolute Gasteiger partial charge is 0.289 e. The number of benzene rings is 2. The van der Waals surface area contributed by atoms with E-state index in [0.29, 0.717) is 0 Å². The van der Waals surface area contributed by atoms with E-state index in [2.05, 4.69) is 5.32 Å². The predicted octanol–water partition coefficient (Wildman–Crippen LogP) is 3.86. The van der Waals surface area contributed by atoms with Crippen LogP contribution in [0.3, 0.4) is 0 Å². The zero-order valence-corrected chi connectivity index (χ0v) is 15.6. The lowest BCUT2D eigenvalue weighted by Crippen LogP contribution is -2.28. The van der Waals surface area contributed by atoms with E-state index in [4.69, 9.17) is 11.6 Å². The number of amides is 2. The van der Waals surface area contributed by atoms with Crippen LogP contribution in [0.25, 0.3) is 0 Å². The quantitative estimate of drug-likeness (QED) is 0.636. The number of nitrogens with one attached hydrogen (secondary N) is 1. The largest absolute Gasteiger partial charge is 0.326 e. The van der Waals surface area contributed by atoms with Crippen LogP contribution >= 0.6 is 11.6 Å². The van der Waals surface area contributed by atoms with Crippen molar-refractivity contribution in [1.29, 1.82) is 0 Å². The van der Waals surface area contributed by atoms with E-state index >= 15 is 0 Å². The van der Waals surface area contributed by atoms with Crippen LogP contribution in [0.15, 0.2) is 36.4 Å². The van der Waals surface area contributed by atoms with Crippen LogP contribution in [0.1, 0.15) is 17.5 Å². The molecule has 0 saturated carbocycles. The number of carbonyl (C=O) groups excluding carboxylic acids is 2. The van der Waals surface area contributed by atoms with Crippen molar-refractivity contribution in [1.82, 2.24) is 0 Å². The van der Waals surface area contributed by atoms with Gasteiger partial charge in [0.15, 0.2) is 0 Å². The summed E-state index contributed by atoms with van der Waals surface area (Å²) in [7, 11) is 0. The summed E-state index contributed by atoms with van der Waals surface area (Å²) in [6.45, 7) is 4.18. The van der Waals surface area contributed by atoms with E-state index < -0.39 is 10.8 Å². The highest BCUT2D eigenvalue weighted by Crippen LogP contribution is 2.31. The van der Waals surface area contributed by atoms with E-state index in [9.17, 15) is 19.7 Å². The molecule has 1 saturated heterocycles. The van der Waals surface area contributed by atoms with Gasteiger partial charge in [0.2, 0.25) is 11.8 Å². The molecule has 2 aromatic carbocycles. The van der Waals surface area contributed by atoms with Crippen LogP contribution in [-0.4, -0.2) is 23.3 Å². The number of hydrogen-bond donors (Lipinski definition) is 1. The zero-order valence-electron chi connectivity index (χ0n) is 14.9. The molecule has 0 radical (unpaired) electrons. The number of nitro benzene ring substituents is 1. The molecule has 27 heavy (non-hydrogen) atoms. The molecule has 0 bridgehead atoms. The summed E-state index contributed by atoms with van der Waals surface area (Å²) in [6.07, 6.45) is 0.0922. The van der Waals surface area contributed by atoms with Crippen LogP contribution in [0.4, 0.5) is 17.1 Å². The molecule has 2 aromatic rings. The molecule has 1 heterocycles. The van der Waals surface area contributed by atoms with Crippen LogP contribution in [0, 0.1) is 29.9 Å². The number of carbonyl (C=O) groups is 2. The Bertz CT molecular complexity index is 945. The first kappa shape index (κ1) is 18.8. The Morgan fingerprint density at radius 2 is 2.04 bits per heavy atom. The van der Waals surface area contributed by atoms with Crippen molar-refractivity contribution in [3.8, 4) is 0 Å². The van der Waals surface area contributed by atoms with Gasteiger partial charge in [0.05, 0.1) is 10.8 Å². The number of aryl methyl sites for hydroxylation is 1. The van der Waals surface area contributed by atoms with Gasteiger partial charge in [0.25, 0.3) is 5.69 Å². The van der Waals surface area contributed by atoms with Gasteiger partial charge in [-0.05, 0) is 43.2 Å². The molecule has 7 nitrogen and oxygen atoms in total. The molecule has 1 aliphatic rings. The zero-order chi connectivity index (χ0) is 19.7. The highest BCUT2D eigenvalue weighted by Gasteiger charge is 2.36. The molecular formula is C19H18ClN3O4. The summed E-state index contributed by atoms with van der Waals surface area (Å²) < 4.78 is 0. The van der Waals surface area contributed by atoms with Crippen LogP contribution < -0.4 is 10.2 Å². The van der Waals surface area contributed by atoms with Crippen molar-refractivity contribution in [2.24, 2.45) is 5.92 Å². The third-order valence-corrected chi connectivity index (χ3v) is 5.09. The van der Waals surface area contributed by atoms with E-state index in [-0.39, 0.29) is 41.2 Å². The summed E-state index contributed by atoms with van der Waals surface area (Å²) in [4.78, 5) is 37.0. The van der Waals surface area contributed by atoms with Crippen molar-refractivity contribution >= 4 is 40.5 Å². The van der Waals surface area contributed by atoms with E-state index in [0.717, 1.165) is 16.8 Å². The second-order valence-corrected chi connectivity index (χ2v) is 6.94. The Morgan fingerprint density at radius 3 is 2.74 bits per heavy atom. The van der Waals surface area contributed by atoms with Crippen LogP contribution in [-0.2, 0) is 9.59 Å².